The number of hydrogen-bond donors (Lipinski definition) is 1. The van der Waals surface area contributed by atoms with E-state index >= 15 is 0 Å². The molecule has 0 fully saturated rings. The molecule has 0 spiro atoms. The van der Waals surface area contributed by atoms with Crippen molar-refractivity contribution >= 4 is 23.2 Å². The van der Waals surface area contributed by atoms with Gasteiger partial charge in [0.15, 0.2) is 5.69 Å². The second-order valence-electron chi connectivity index (χ2n) is 5.64. The van der Waals surface area contributed by atoms with Crippen molar-refractivity contribution in [2.24, 2.45) is 7.05 Å². The van der Waals surface area contributed by atoms with E-state index in [0.717, 1.165) is 4.68 Å². The molecule has 27 heavy (non-hydrogen) atoms. The van der Waals surface area contributed by atoms with Crippen LogP contribution in [0.3, 0.4) is 0 Å². The highest BCUT2D eigenvalue weighted by Gasteiger charge is 2.39. The Morgan fingerprint density at radius 1 is 1.33 bits per heavy atom. The average Bonchev–Trinajstić information content (AvgIpc) is 3.10. The molecule has 0 aliphatic rings. The number of alkyl halides is 3. The van der Waals surface area contributed by atoms with Gasteiger partial charge < -0.3 is 5.32 Å². The highest BCUT2D eigenvalue weighted by molar-refractivity contribution is 6.34. The number of amides is 1. The fourth-order valence-corrected chi connectivity index (χ4v) is 2.81. The van der Waals surface area contributed by atoms with E-state index in [9.17, 15) is 22.4 Å². The number of anilines is 1. The van der Waals surface area contributed by atoms with E-state index in [4.69, 9.17) is 11.6 Å². The van der Waals surface area contributed by atoms with Gasteiger partial charge in [-0.25, -0.2) is 4.39 Å². The fraction of sp³-hybridized carbons (Fsp3) is 0.188. The van der Waals surface area contributed by atoms with Crippen molar-refractivity contribution in [3.63, 3.8) is 0 Å². The number of halogens is 5. The van der Waals surface area contributed by atoms with E-state index < -0.39 is 28.5 Å². The van der Waals surface area contributed by atoms with E-state index in [1.54, 1.807) is 12.1 Å². The molecule has 0 aliphatic heterocycles. The number of nitrogens with one attached hydrogen (secondary N) is 1. The van der Waals surface area contributed by atoms with Crippen LogP contribution in [-0.4, -0.2) is 25.5 Å². The molecule has 0 atom stereocenters. The molecule has 6 nitrogen and oxygen atoms in total. The van der Waals surface area contributed by atoms with Gasteiger partial charge in [-0.05, 0) is 17.7 Å². The average molecular weight is 402 g/mol. The van der Waals surface area contributed by atoms with Crippen LogP contribution in [0.5, 0.6) is 0 Å². The van der Waals surface area contributed by atoms with Crippen LogP contribution in [0.4, 0.5) is 23.2 Å². The summed E-state index contributed by atoms with van der Waals surface area (Å²) in [6.45, 7) is 0.248. The Hall–Kier alpha value is -2.88. The molecule has 11 heteroatoms. The zero-order valence-electron chi connectivity index (χ0n) is 13.8. The summed E-state index contributed by atoms with van der Waals surface area (Å²) in [5.74, 6) is -1.25. The number of aryl methyl sites for hydroxylation is 1. The second kappa shape index (κ2) is 7.03. The zero-order chi connectivity index (χ0) is 19.8. The number of nitrogens with zero attached hydrogens (tertiary/aromatic N) is 4. The quantitative estimate of drug-likeness (QED) is 0.677. The predicted octanol–water partition coefficient (Wildman–Crippen LogP) is 3.73. The Morgan fingerprint density at radius 2 is 2.07 bits per heavy atom. The molecule has 1 aromatic carbocycles. The van der Waals surface area contributed by atoms with Gasteiger partial charge in [0, 0.05) is 13.2 Å². The van der Waals surface area contributed by atoms with Gasteiger partial charge in [0.1, 0.15) is 16.5 Å². The molecule has 0 aliphatic carbocycles. The van der Waals surface area contributed by atoms with Gasteiger partial charge in [0.2, 0.25) is 0 Å². The number of hydrogen-bond acceptors (Lipinski definition) is 3. The maximum Gasteiger partial charge on any atom is 0.436 e. The Kier molecular flexibility index (Phi) is 4.92. The lowest BCUT2D eigenvalue weighted by Crippen LogP contribution is -2.16. The Balaban J connectivity index is 1.76. The number of carbonyl (C=O) groups excluding carboxylic acids is 1. The molecule has 142 valence electrons. The number of carbonyl (C=O) groups is 1. The summed E-state index contributed by atoms with van der Waals surface area (Å²) in [5.41, 5.74) is -0.872. The first kappa shape index (κ1) is 18.9. The highest BCUT2D eigenvalue weighted by atomic mass is 35.5. The predicted molar refractivity (Wildman–Crippen MR) is 88.9 cm³/mol. The molecule has 0 saturated carbocycles. The van der Waals surface area contributed by atoms with Gasteiger partial charge in [0.05, 0.1) is 18.4 Å². The van der Waals surface area contributed by atoms with Crippen LogP contribution in [0.15, 0.2) is 36.7 Å². The van der Waals surface area contributed by atoms with Crippen LogP contribution >= 0.6 is 11.6 Å². The van der Waals surface area contributed by atoms with Crippen molar-refractivity contribution < 1.29 is 22.4 Å². The third-order valence-electron chi connectivity index (χ3n) is 3.60. The monoisotopic (exact) mass is 401 g/mol. The molecule has 0 radical (unpaired) electrons. The first-order chi connectivity index (χ1) is 12.6. The van der Waals surface area contributed by atoms with Crippen molar-refractivity contribution in [1.82, 2.24) is 19.6 Å². The minimum absolute atomic E-state index is 0.238. The first-order valence-electron chi connectivity index (χ1n) is 7.53. The molecule has 2 aromatic heterocycles. The van der Waals surface area contributed by atoms with E-state index in [1.807, 2.05) is 0 Å². The maximum absolute atomic E-state index is 13.2. The first-order valence-corrected chi connectivity index (χ1v) is 7.91. The van der Waals surface area contributed by atoms with Gasteiger partial charge in [-0.2, -0.15) is 23.4 Å². The Morgan fingerprint density at radius 3 is 2.70 bits per heavy atom. The van der Waals surface area contributed by atoms with E-state index in [2.05, 4.69) is 15.5 Å². The topological polar surface area (TPSA) is 64.7 Å². The fourth-order valence-electron chi connectivity index (χ4n) is 2.45. The molecule has 0 unspecified atom stereocenters. The molecular formula is C16H12ClF4N5O. The molecule has 1 amide bonds. The summed E-state index contributed by atoms with van der Waals surface area (Å²) in [6, 6.07) is 5.91. The van der Waals surface area contributed by atoms with Gasteiger partial charge in [-0.3, -0.25) is 14.2 Å². The van der Waals surface area contributed by atoms with Crippen molar-refractivity contribution in [3.05, 3.63) is 64.5 Å². The zero-order valence-corrected chi connectivity index (χ0v) is 14.5. The molecule has 3 aromatic rings. The Bertz CT molecular complexity index is 995. The summed E-state index contributed by atoms with van der Waals surface area (Å²) in [4.78, 5) is 12.3. The number of rotatable bonds is 4. The number of benzene rings is 1. The lowest BCUT2D eigenvalue weighted by molar-refractivity contribution is -0.141. The van der Waals surface area contributed by atoms with Crippen LogP contribution < -0.4 is 5.32 Å². The minimum atomic E-state index is -4.77. The van der Waals surface area contributed by atoms with Crippen LogP contribution in [0, 0.1) is 5.82 Å². The molecule has 1 N–H and O–H groups in total. The van der Waals surface area contributed by atoms with Crippen LogP contribution in [0.1, 0.15) is 21.7 Å². The molecule has 3 rings (SSSR count). The second-order valence-corrected chi connectivity index (χ2v) is 6.02. The lowest BCUT2D eigenvalue weighted by Gasteiger charge is -2.04. The third-order valence-corrected chi connectivity index (χ3v) is 3.96. The van der Waals surface area contributed by atoms with Crippen molar-refractivity contribution in [2.45, 2.75) is 12.7 Å². The Labute approximate surface area is 155 Å². The molecular weight excluding hydrogens is 390 g/mol. The minimum Gasteiger partial charge on any atom is -0.318 e. The van der Waals surface area contributed by atoms with Crippen molar-refractivity contribution in [2.75, 3.05) is 5.32 Å². The lowest BCUT2D eigenvalue weighted by atomic mass is 10.2. The molecule has 2 heterocycles. The molecule has 0 bridgehead atoms. The highest BCUT2D eigenvalue weighted by Crippen LogP contribution is 2.35. The van der Waals surface area contributed by atoms with E-state index in [0.29, 0.717) is 5.56 Å². The van der Waals surface area contributed by atoms with E-state index in [-0.39, 0.29) is 18.0 Å². The van der Waals surface area contributed by atoms with Crippen molar-refractivity contribution in [1.29, 1.82) is 0 Å². The van der Waals surface area contributed by atoms with Crippen LogP contribution in [0.2, 0.25) is 5.02 Å². The maximum atomic E-state index is 13.2. The van der Waals surface area contributed by atoms with Gasteiger partial charge in [-0.15, -0.1) is 0 Å². The van der Waals surface area contributed by atoms with Gasteiger partial charge >= 0.3 is 6.18 Å². The smallest absolute Gasteiger partial charge is 0.318 e. The third kappa shape index (κ3) is 4.11. The SMILES string of the molecule is Cn1nc(C(F)(F)F)c(Cl)c1C(=O)Nc1cnn(Cc2cccc(F)c2)c1. The summed E-state index contributed by atoms with van der Waals surface area (Å²) >= 11 is 5.68. The van der Waals surface area contributed by atoms with Gasteiger partial charge in [-0.1, -0.05) is 23.7 Å². The van der Waals surface area contributed by atoms with Crippen LogP contribution in [-0.2, 0) is 19.8 Å². The van der Waals surface area contributed by atoms with Crippen molar-refractivity contribution in [3.8, 4) is 0 Å². The standard InChI is InChI=1S/C16H12ClF4N5O/c1-25-13(12(17)14(24-25)16(19,20)21)15(27)23-11-6-22-26(8-11)7-9-3-2-4-10(18)5-9/h2-6,8H,7H2,1H3,(H,23,27). The summed E-state index contributed by atoms with van der Waals surface area (Å²) in [7, 11) is 1.18. The molecule has 0 saturated heterocycles. The summed E-state index contributed by atoms with van der Waals surface area (Å²) in [6.07, 6.45) is -2.01. The largest absolute Gasteiger partial charge is 0.436 e. The van der Waals surface area contributed by atoms with Crippen LogP contribution in [0.25, 0.3) is 0 Å². The van der Waals surface area contributed by atoms with Gasteiger partial charge in [0.25, 0.3) is 5.91 Å². The number of aromatic nitrogens is 4. The summed E-state index contributed by atoms with van der Waals surface area (Å²) < 4.78 is 53.9. The van der Waals surface area contributed by atoms with E-state index in [1.165, 1.54) is 36.3 Å². The normalized spacial score (nSPS) is 11.6. The summed E-state index contributed by atoms with van der Waals surface area (Å²) in [5, 5.41) is 8.91.